The van der Waals surface area contributed by atoms with Crippen molar-refractivity contribution < 1.29 is 14.3 Å². The van der Waals surface area contributed by atoms with Crippen LogP contribution in [0.4, 0.5) is 22.2 Å². The molecule has 0 unspecified atom stereocenters. The fourth-order valence-corrected chi connectivity index (χ4v) is 4.52. The predicted molar refractivity (Wildman–Crippen MR) is 145 cm³/mol. The van der Waals surface area contributed by atoms with Crippen LogP contribution in [0.5, 0.6) is 0 Å². The zero-order valence-corrected chi connectivity index (χ0v) is 22.1. The van der Waals surface area contributed by atoms with Crippen LogP contribution in [-0.4, -0.2) is 38.1 Å². The van der Waals surface area contributed by atoms with E-state index in [-0.39, 0.29) is 17.3 Å². The van der Waals surface area contributed by atoms with E-state index in [1.165, 1.54) is 17.5 Å². The van der Waals surface area contributed by atoms with Crippen LogP contribution in [0, 0.1) is 0 Å². The second-order valence-corrected chi connectivity index (χ2v) is 10.7. The van der Waals surface area contributed by atoms with Gasteiger partial charge in [-0.1, -0.05) is 18.2 Å². The molecule has 11 heteroatoms. The fraction of sp³-hybridized carbons (Fsp3) is 0.346. The number of nitrogens with zero attached hydrogens (tertiary/aromatic N) is 3. The van der Waals surface area contributed by atoms with Gasteiger partial charge in [0.25, 0.3) is 5.91 Å². The van der Waals surface area contributed by atoms with Crippen molar-refractivity contribution in [2.75, 3.05) is 10.6 Å². The standard InChI is InChI=1S/C26H31N7O3S/c1-25(2,3)36-24(35)33-26(4)12-6-5-7-20(26)31-23-28-13-18(21(27)34)22(32-23)30-17-10-8-16(9-11-17)19-14-37-15-29-19/h7-11,13-15H,5-6,12H2,1-4H3,(H2,27,34)(H,33,35)(H2,28,30,31,32)/t26-/m0/s1. The number of amides is 2. The summed E-state index contributed by atoms with van der Waals surface area (Å²) in [7, 11) is 0. The van der Waals surface area contributed by atoms with E-state index >= 15 is 0 Å². The largest absolute Gasteiger partial charge is 0.444 e. The number of carbonyl (C=O) groups excluding carboxylic acids is 2. The number of hydrogen-bond acceptors (Lipinski definition) is 9. The number of rotatable bonds is 7. The van der Waals surface area contributed by atoms with Gasteiger partial charge in [0, 0.05) is 28.5 Å². The van der Waals surface area contributed by atoms with E-state index in [0.717, 1.165) is 35.5 Å². The summed E-state index contributed by atoms with van der Waals surface area (Å²) in [5.74, 6) is -0.122. The second-order valence-electron chi connectivity index (χ2n) is 9.99. The summed E-state index contributed by atoms with van der Waals surface area (Å²) < 4.78 is 5.46. The van der Waals surface area contributed by atoms with Crippen molar-refractivity contribution in [3.8, 4) is 11.3 Å². The Morgan fingerprint density at radius 3 is 2.54 bits per heavy atom. The SMILES string of the molecule is CC(C)(C)OC(=O)N[C@@]1(C)CCCC=C1Nc1ncc(C(N)=O)c(Nc2ccc(-c3cscn3)cc2)n1. The van der Waals surface area contributed by atoms with Gasteiger partial charge in [-0.2, -0.15) is 4.98 Å². The summed E-state index contributed by atoms with van der Waals surface area (Å²) in [6, 6.07) is 7.62. The molecule has 1 aromatic carbocycles. The Morgan fingerprint density at radius 1 is 1.14 bits per heavy atom. The van der Waals surface area contributed by atoms with Gasteiger partial charge in [-0.15, -0.1) is 11.3 Å². The number of anilines is 3. The highest BCUT2D eigenvalue weighted by Crippen LogP contribution is 2.31. The Bertz CT molecular complexity index is 1300. The first-order valence-electron chi connectivity index (χ1n) is 11.9. The molecule has 0 saturated carbocycles. The molecule has 5 N–H and O–H groups in total. The van der Waals surface area contributed by atoms with Crippen molar-refractivity contribution in [3.05, 3.63) is 58.7 Å². The molecule has 0 saturated heterocycles. The molecule has 194 valence electrons. The van der Waals surface area contributed by atoms with Crippen LogP contribution in [-0.2, 0) is 4.74 Å². The Labute approximate surface area is 219 Å². The molecule has 2 heterocycles. The number of nitrogens with one attached hydrogen (secondary N) is 3. The van der Waals surface area contributed by atoms with E-state index in [2.05, 4.69) is 30.9 Å². The summed E-state index contributed by atoms with van der Waals surface area (Å²) in [5.41, 5.74) is 9.54. The van der Waals surface area contributed by atoms with E-state index in [0.29, 0.717) is 6.42 Å². The fourth-order valence-electron chi connectivity index (χ4n) is 3.96. The summed E-state index contributed by atoms with van der Waals surface area (Å²) in [5, 5.41) is 11.3. The third-order valence-corrected chi connectivity index (χ3v) is 6.36. The van der Waals surface area contributed by atoms with Gasteiger partial charge in [-0.05, 0) is 59.1 Å². The van der Waals surface area contributed by atoms with Crippen molar-refractivity contribution in [3.63, 3.8) is 0 Å². The van der Waals surface area contributed by atoms with Crippen molar-refractivity contribution in [2.24, 2.45) is 5.73 Å². The maximum absolute atomic E-state index is 12.5. The molecule has 0 spiro atoms. The van der Waals surface area contributed by atoms with E-state index in [1.54, 1.807) is 5.51 Å². The van der Waals surface area contributed by atoms with Crippen molar-refractivity contribution in [1.82, 2.24) is 20.3 Å². The lowest BCUT2D eigenvalue weighted by atomic mass is 9.86. The van der Waals surface area contributed by atoms with Crippen LogP contribution in [0.1, 0.15) is 57.3 Å². The molecule has 1 aliphatic carbocycles. The highest BCUT2D eigenvalue weighted by atomic mass is 32.1. The average molecular weight is 522 g/mol. The summed E-state index contributed by atoms with van der Waals surface area (Å²) in [6.45, 7) is 7.38. The summed E-state index contributed by atoms with van der Waals surface area (Å²) in [4.78, 5) is 37.7. The maximum Gasteiger partial charge on any atom is 0.408 e. The molecule has 1 atom stereocenters. The van der Waals surface area contributed by atoms with Gasteiger partial charge in [0.05, 0.1) is 16.7 Å². The van der Waals surface area contributed by atoms with E-state index in [1.807, 2.05) is 63.4 Å². The van der Waals surface area contributed by atoms with Crippen molar-refractivity contribution >= 4 is 40.8 Å². The molecule has 2 aromatic heterocycles. The minimum atomic E-state index is -0.703. The Balaban J connectivity index is 1.55. The lowest BCUT2D eigenvalue weighted by Crippen LogP contribution is -2.51. The molecule has 37 heavy (non-hydrogen) atoms. The molecule has 10 nitrogen and oxygen atoms in total. The van der Waals surface area contributed by atoms with Crippen LogP contribution in [0.25, 0.3) is 11.3 Å². The van der Waals surface area contributed by atoms with Gasteiger partial charge in [0.2, 0.25) is 5.95 Å². The predicted octanol–water partition coefficient (Wildman–Crippen LogP) is 5.21. The third-order valence-electron chi connectivity index (χ3n) is 5.78. The highest BCUT2D eigenvalue weighted by molar-refractivity contribution is 7.07. The molecule has 1 aliphatic rings. The number of benzene rings is 1. The second kappa shape index (κ2) is 10.6. The number of allylic oxidation sites excluding steroid dienone is 1. The van der Waals surface area contributed by atoms with E-state index in [4.69, 9.17) is 10.5 Å². The third kappa shape index (κ3) is 6.62. The first kappa shape index (κ1) is 26.1. The highest BCUT2D eigenvalue weighted by Gasteiger charge is 2.35. The first-order chi connectivity index (χ1) is 17.5. The van der Waals surface area contributed by atoms with E-state index in [9.17, 15) is 9.59 Å². The number of thiazole rings is 1. The maximum atomic E-state index is 12.5. The van der Waals surface area contributed by atoms with Crippen molar-refractivity contribution in [1.29, 1.82) is 0 Å². The quantitative estimate of drug-likeness (QED) is 0.332. The first-order valence-corrected chi connectivity index (χ1v) is 12.9. The van der Waals surface area contributed by atoms with Gasteiger partial charge in [-0.25, -0.2) is 14.8 Å². The minimum Gasteiger partial charge on any atom is -0.444 e. The Morgan fingerprint density at radius 2 is 1.89 bits per heavy atom. The Kier molecular flexibility index (Phi) is 7.44. The van der Waals surface area contributed by atoms with E-state index < -0.39 is 23.1 Å². The van der Waals surface area contributed by atoms with Gasteiger partial charge >= 0.3 is 6.09 Å². The molecule has 0 radical (unpaired) electrons. The van der Waals surface area contributed by atoms with Crippen LogP contribution in [0.15, 0.2) is 53.1 Å². The zero-order chi connectivity index (χ0) is 26.6. The molecule has 3 aromatic rings. The normalized spacial score (nSPS) is 17.5. The molecule has 0 fully saturated rings. The topological polar surface area (TPSA) is 144 Å². The summed E-state index contributed by atoms with van der Waals surface area (Å²) in [6.07, 6.45) is 5.34. The molecule has 2 amide bonds. The number of ether oxygens (including phenoxy) is 1. The number of nitrogens with two attached hydrogens (primary N) is 1. The van der Waals surface area contributed by atoms with Crippen LogP contribution >= 0.6 is 11.3 Å². The van der Waals surface area contributed by atoms with Gasteiger partial charge in [-0.3, -0.25) is 4.79 Å². The number of hydrogen-bond donors (Lipinski definition) is 4. The number of alkyl carbamates (subject to hydrolysis) is 1. The molecular formula is C26H31N7O3S. The van der Waals surface area contributed by atoms with Gasteiger partial charge < -0.3 is 26.4 Å². The minimum absolute atomic E-state index is 0.154. The average Bonchev–Trinajstić information content (AvgIpc) is 3.35. The smallest absolute Gasteiger partial charge is 0.408 e. The van der Waals surface area contributed by atoms with Gasteiger partial charge in [0.15, 0.2) is 0 Å². The molecular weight excluding hydrogens is 490 g/mol. The lowest BCUT2D eigenvalue weighted by molar-refractivity contribution is 0.0473. The molecule has 4 rings (SSSR count). The number of aromatic nitrogens is 3. The summed E-state index contributed by atoms with van der Waals surface area (Å²) >= 11 is 1.53. The van der Waals surface area contributed by atoms with Gasteiger partial charge in [0.1, 0.15) is 17.0 Å². The lowest BCUT2D eigenvalue weighted by Gasteiger charge is -2.37. The Hall–Kier alpha value is -3.99. The monoisotopic (exact) mass is 521 g/mol. The molecule has 0 bridgehead atoms. The number of primary amides is 1. The van der Waals surface area contributed by atoms with Crippen LogP contribution in [0.3, 0.4) is 0 Å². The van der Waals surface area contributed by atoms with Crippen LogP contribution in [0.2, 0.25) is 0 Å². The number of carbonyl (C=O) groups is 2. The van der Waals surface area contributed by atoms with Crippen molar-refractivity contribution in [2.45, 2.75) is 58.1 Å². The molecule has 0 aliphatic heterocycles. The zero-order valence-electron chi connectivity index (χ0n) is 21.3. The van der Waals surface area contributed by atoms with Crippen LogP contribution < -0.4 is 21.7 Å².